The monoisotopic (exact) mass is 324 g/mol. The van der Waals surface area contributed by atoms with E-state index in [1.165, 1.54) is 0 Å². The van der Waals surface area contributed by atoms with Crippen LogP contribution in [0.4, 0.5) is 10.5 Å². The van der Waals surface area contributed by atoms with Crippen LogP contribution in [0.1, 0.15) is 12.5 Å². The van der Waals surface area contributed by atoms with Gasteiger partial charge in [-0.3, -0.25) is 14.9 Å². The Morgan fingerprint density at radius 2 is 1.87 bits per heavy atom. The van der Waals surface area contributed by atoms with Gasteiger partial charge >= 0.3 is 0 Å². The molecule has 2 amide bonds. The number of hydrogen-bond donors (Lipinski definition) is 2. The summed E-state index contributed by atoms with van der Waals surface area (Å²) in [5.74, 6) is -0.331. The highest BCUT2D eigenvalue weighted by molar-refractivity contribution is 8.18. The van der Waals surface area contributed by atoms with Crippen LogP contribution >= 0.6 is 11.8 Å². The molecule has 0 atom stereocenters. The van der Waals surface area contributed by atoms with Crippen molar-refractivity contribution in [3.05, 3.63) is 59.0 Å². The summed E-state index contributed by atoms with van der Waals surface area (Å²) in [6.07, 6.45) is 1.73. The van der Waals surface area contributed by atoms with Crippen molar-refractivity contribution in [1.29, 1.82) is 0 Å². The summed E-state index contributed by atoms with van der Waals surface area (Å²) in [6.45, 7) is 2.95. The molecule has 0 aromatic heterocycles. The number of carbonyl (C=O) groups excluding carboxylic acids is 2. The van der Waals surface area contributed by atoms with Gasteiger partial charge in [0.1, 0.15) is 0 Å². The molecule has 4 nitrogen and oxygen atoms in total. The standard InChI is InChI=1S/C18H16N2O2S/c1-2-19-15-5-3-4-14(11-15)13-8-6-12(7-9-13)10-16-17(21)20-18(22)23-16/h3-11,19H,2H2,1H3,(H,20,21,22)/b16-10-. The fourth-order valence-electron chi connectivity index (χ4n) is 2.36. The zero-order valence-electron chi connectivity index (χ0n) is 12.6. The minimum absolute atomic E-state index is 0.321. The van der Waals surface area contributed by atoms with Crippen LogP contribution in [0.2, 0.25) is 0 Å². The van der Waals surface area contributed by atoms with Gasteiger partial charge in [0.15, 0.2) is 0 Å². The summed E-state index contributed by atoms with van der Waals surface area (Å²) in [5.41, 5.74) is 4.22. The molecule has 0 spiro atoms. The first kappa shape index (κ1) is 15.4. The first-order valence-corrected chi connectivity index (χ1v) is 8.16. The Balaban J connectivity index is 1.82. The fourth-order valence-corrected chi connectivity index (χ4v) is 3.04. The van der Waals surface area contributed by atoms with E-state index in [0.29, 0.717) is 4.91 Å². The largest absolute Gasteiger partial charge is 0.385 e. The fraction of sp³-hybridized carbons (Fsp3) is 0.111. The molecule has 2 aromatic carbocycles. The summed E-state index contributed by atoms with van der Waals surface area (Å²) in [6, 6.07) is 16.1. The Bertz CT molecular complexity index is 782. The second-order valence-corrected chi connectivity index (χ2v) is 6.10. The average Bonchev–Trinajstić information content (AvgIpc) is 2.86. The van der Waals surface area contributed by atoms with E-state index in [2.05, 4.69) is 29.7 Å². The van der Waals surface area contributed by atoms with Gasteiger partial charge in [-0.05, 0) is 53.6 Å². The van der Waals surface area contributed by atoms with Gasteiger partial charge in [0, 0.05) is 12.2 Å². The number of thioether (sulfide) groups is 1. The lowest BCUT2D eigenvalue weighted by atomic mass is 10.0. The van der Waals surface area contributed by atoms with Crippen LogP contribution in [-0.4, -0.2) is 17.7 Å². The van der Waals surface area contributed by atoms with Crippen LogP contribution in [0.15, 0.2) is 53.4 Å². The van der Waals surface area contributed by atoms with Crippen LogP contribution in [0.5, 0.6) is 0 Å². The topological polar surface area (TPSA) is 58.2 Å². The summed E-state index contributed by atoms with van der Waals surface area (Å²) in [5, 5.41) is 5.23. The van der Waals surface area contributed by atoms with E-state index in [-0.39, 0.29) is 11.1 Å². The number of carbonyl (C=O) groups is 2. The van der Waals surface area contributed by atoms with E-state index in [0.717, 1.165) is 40.7 Å². The van der Waals surface area contributed by atoms with Gasteiger partial charge < -0.3 is 5.32 Å². The third-order valence-corrected chi connectivity index (χ3v) is 4.24. The number of anilines is 1. The lowest BCUT2D eigenvalue weighted by Crippen LogP contribution is -2.17. The highest BCUT2D eigenvalue weighted by Crippen LogP contribution is 2.27. The molecular formula is C18H16N2O2S. The van der Waals surface area contributed by atoms with Crippen LogP contribution in [0, 0.1) is 0 Å². The molecular weight excluding hydrogens is 308 g/mol. The molecule has 2 aromatic rings. The van der Waals surface area contributed by atoms with E-state index in [9.17, 15) is 9.59 Å². The first-order valence-electron chi connectivity index (χ1n) is 7.35. The third-order valence-electron chi connectivity index (χ3n) is 3.43. The molecule has 3 rings (SSSR count). The summed E-state index contributed by atoms with van der Waals surface area (Å²) < 4.78 is 0. The molecule has 1 aliphatic rings. The number of benzene rings is 2. The number of rotatable bonds is 4. The van der Waals surface area contributed by atoms with Gasteiger partial charge in [0.2, 0.25) is 0 Å². The zero-order valence-corrected chi connectivity index (χ0v) is 13.4. The molecule has 23 heavy (non-hydrogen) atoms. The maximum absolute atomic E-state index is 11.5. The van der Waals surface area contributed by atoms with Gasteiger partial charge in [0.05, 0.1) is 4.91 Å². The summed E-state index contributed by atoms with van der Waals surface area (Å²) in [7, 11) is 0. The van der Waals surface area contributed by atoms with E-state index in [1.807, 2.05) is 36.4 Å². The van der Waals surface area contributed by atoms with Crippen molar-refractivity contribution in [2.45, 2.75) is 6.92 Å². The molecule has 0 unspecified atom stereocenters. The molecule has 2 N–H and O–H groups in total. The third kappa shape index (κ3) is 3.63. The number of amides is 2. The number of imide groups is 1. The predicted molar refractivity (Wildman–Crippen MR) is 95.1 cm³/mol. The maximum Gasteiger partial charge on any atom is 0.290 e. The Morgan fingerprint density at radius 3 is 2.52 bits per heavy atom. The van der Waals surface area contributed by atoms with Crippen molar-refractivity contribution in [2.75, 3.05) is 11.9 Å². The van der Waals surface area contributed by atoms with E-state index in [4.69, 9.17) is 0 Å². The predicted octanol–water partition coefficient (Wildman–Crippen LogP) is 4.11. The second-order valence-electron chi connectivity index (χ2n) is 5.09. The normalized spacial score (nSPS) is 15.8. The van der Waals surface area contributed by atoms with Crippen molar-refractivity contribution in [2.24, 2.45) is 0 Å². The van der Waals surface area contributed by atoms with E-state index < -0.39 is 0 Å². The van der Waals surface area contributed by atoms with Crippen LogP contribution in [0.3, 0.4) is 0 Å². The molecule has 1 fully saturated rings. The van der Waals surface area contributed by atoms with Crippen LogP contribution in [0.25, 0.3) is 17.2 Å². The van der Waals surface area contributed by atoms with Gasteiger partial charge in [-0.15, -0.1) is 0 Å². The molecule has 0 radical (unpaired) electrons. The van der Waals surface area contributed by atoms with Crippen molar-refractivity contribution in [3.63, 3.8) is 0 Å². The van der Waals surface area contributed by atoms with Gasteiger partial charge in [-0.25, -0.2) is 0 Å². The van der Waals surface area contributed by atoms with Crippen LogP contribution in [-0.2, 0) is 4.79 Å². The highest BCUT2D eigenvalue weighted by atomic mass is 32.2. The van der Waals surface area contributed by atoms with Gasteiger partial charge in [-0.2, -0.15) is 0 Å². The number of hydrogen-bond acceptors (Lipinski definition) is 4. The molecule has 1 aliphatic heterocycles. The molecule has 0 saturated carbocycles. The van der Waals surface area contributed by atoms with Crippen molar-refractivity contribution in [1.82, 2.24) is 5.32 Å². The molecule has 1 saturated heterocycles. The summed E-state index contributed by atoms with van der Waals surface area (Å²) >= 11 is 0.930. The molecule has 0 bridgehead atoms. The Hall–Kier alpha value is -2.53. The SMILES string of the molecule is CCNc1cccc(-c2ccc(/C=C3\SC(=O)NC3=O)cc2)c1. The molecule has 0 aliphatic carbocycles. The molecule has 1 heterocycles. The minimum Gasteiger partial charge on any atom is -0.385 e. The van der Waals surface area contributed by atoms with Gasteiger partial charge in [0.25, 0.3) is 11.1 Å². The van der Waals surface area contributed by atoms with Gasteiger partial charge in [-0.1, -0.05) is 36.4 Å². The minimum atomic E-state index is -0.331. The quantitative estimate of drug-likeness (QED) is 0.831. The lowest BCUT2D eigenvalue weighted by Gasteiger charge is -2.07. The first-order chi connectivity index (χ1) is 11.2. The lowest BCUT2D eigenvalue weighted by molar-refractivity contribution is -0.115. The smallest absolute Gasteiger partial charge is 0.290 e. The maximum atomic E-state index is 11.5. The second kappa shape index (κ2) is 6.71. The average molecular weight is 324 g/mol. The highest BCUT2D eigenvalue weighted by Gasteiger charge is 2.24. The van der Waals surface area contributed by atoms with Crippen molar-refractivity contribution >= 4 is 34.7 Å². The van der Waals surface area contributed by atoms with Crippen molar-refractivity contribution in [3.8, 4) is 11.1 Å². The Labute approximate surface area is 139 Å². The van der Waals surface area contributed by atoms with Crippen LogP contribution < -0.4 is 10.6 Å². The molecule has 5 heteroatoms. The Kier molecular flexibility index (Phi) is 4.48. The zero-order chi connectivity index (χ0) is 16.2. The Morgan fingerprint density at radius 1 is 1.09 bits per heavy atom. The summed E-state index contributed by atoms with van der Waals surface area (Å²) in [4.78, 5) is 23.1. The van der Waals surface area contributed by atoms with E-state index >= 15 is 0 Å². The number of nitrogens with one attached hydrogen (secondary N) is 2. The van der Waals surface area contributed by atoms with E-state index in [1.54, 1.807) is 6.08 Å². The molecule has 116 valence electrons. The van der Waals surface area contributed by atoms with Crippen molar-refractivity contribution < 1.29 is 9.59 Å².